The molecule has 0 aliphatic rings. The molecule has 0 heterocycles. The summed E-state index contributed by atoms with van der Waals surface area (Å²) in [6, 6.07) is 15.4. The molecule has 4 heteroatoms. The van der Waals surface area contributed by atoms with Crippen molar-refractivity contribution in [2.75, 3.05) is 7.05 Å². The van der Waals surface area contributed by atoms with E-state index in [0.29, 0.717) is 18.0 Å². The first kappa shape index (κ1) is 15.1. The molecule has 2 rings (SSSR count). The van der Waals surface area contributed by atoms with E-state index in [1.165, 1.54) is 0 Å². The highest BCUT2D eigenvalue weighted by atomic mass is 79.9. The molecule has 104 valence electrons. The molecule has 0 fully saturated rings. The number of rotatable bonds is 4. The molecule has 0 saturated carbocycles. The fourth-order valence-electron chi connectivity index (χ4n) is 1.91. The van der Waals surface area contributed by atoms with E-state index >= 15 is 0 Å². The molecule has 0 unspecified atom stereocenters. The predicted octanol–water partition coefficient (Wildman–Crippen LogP) is 4.30. The standard InChI is InChI=1S/C16H15BrClNO/c1-19(11-13-3-2-4-15(18)9-13)16(20)10-12-5-7-14(17)8-6-12/h2-9H,10-11H2,1H3. The summed E-state index contributed by atoms with van der Waals surface area (Å²) < 4.78 is 1.01. The summed E-state index contributed by atoms with van der Waals surface area (Å²) in [6.45, 7) is 0.565. The summed E-state index contributed by atoms with van der Waals surface area (Å²) in [4.78, 5) is 13.9. The third-order valence-corrected chi connectivity index (χ3v) is 3.77. The van der Waals surface area contributed by atoms with Gasteiger partial charge in [0.15, 0.2) is 0 Å². The van der Waals surface area contributed by atoms with Gasteiger partial charge in [0.2, 0.25) is 5.91 Å². The second-order valence-corrected chi connectivity index (χ2v) is 6.04. The highest BCUT2D eigenvalue weighted by Crippen LogP contribution is 2.14. The number of carbonyl (C=O) groups excluding carboxylic acids is 1. The Morgan fingerprint density at radius 1 is 1.15 bits per heavy atom. The van der Waals surface area contributed by atoms with Crippen molar-refractivity contribution < 1.29 is 4.79 Å². The topological polar surface area (TPSA) is 20.3 Å². The van der Waals surface area contributed by atoms with Gasteiger partial charge in [0, 0.05) is 23.1 Å². The van der Waals surface area contributed by atoms with Gasteiger partial charge in [-0.3, -0.25) is 4.79 Å². The summed E-state index contributed by atoms with van der Waals surface area (Å²) in [5, 5.41) is 0.691. The second-order valence-electron chi connectivity index (χ2n) is 4.68. The minimum Gasteiger partial charge on any atom is -0.341 e. The first-order chi connectivity index (χ1) is 9.54. The van der Waals surface area contributed by atoms with Crippen LogP contribution in [-0.2, 0) is 17.8 Å². The number of nitrogens with zero attached hydrogens (tertiary/aromatic N) is 1. The van der Waals surface area contributed by atoms with Crippen molar-refractivity contribution in [3.8, 4) is 0 Å². The lowest BCUT2D eigenvalue weighted by Crippen LogP contribution is -2.27. The van der Waals surface area contributed by atoms with E-state index in [0.717, 1.165) is 15.6 Å². The Balaban J connectivity index is 1.96. The Morgan fingerprint density at radius 3 is 2.50 bits per heavy atom. The molecule has 20 heavy (non-hydrogen) atoms. The first-order valence-electron chi connectivity index (χ1n) is 6.27. The molecule has 0 radical (unpaired) electrons. The average molecular weight is 353 g/mol. The van der Waals surface area contributed by atoms with E-state index in [4.69, 9.17) is 11.6 Å². The van der Waals surface area contributed by atoms with Crippen molar-refractivity contribution in [2.45, 2.75) is 13.0 Å². The Hall–Kier alpha value is -1.32. The van der Waals surface area contributed by atoms with Crippen LogP contribution < -0.4 is 0 Å². The molecule has 0 atom stereocenters. The normalized spacial score (nSPS) is 10.3. The van der Waals surface area contributed by atoms with Crippen LogP contribution in [-0.4, -0.2) is 17.9 Å². The number of halogens is 2. The molecule has 0 spiro atoms. The molecule has 0 aliphatic carbocycles. The number of amides is 1. The van der Waals surface area contributed by atoms with Crippen LogP contribution in [0.3, 0.4) is 0 Å². The van der Waals surface area contributed by atoms with Gasteiger partial charge in [-0.05, 0) is 35.4 Å². The molecule has 2 aromatic rings. The highest BCUT2D eigenvalue weighted by molar-refractivity contribution is 9.10. The zero-order valence-electron chi connectivity index (χ0n) is 11.1. The minimum atomic E-state index is 0.0901. The number of benzene rings is 2. The SMILES string of the molecule is CN(Cc1cccc(Cl)c1)C(=O)Cc1ccc(Br)cc1. The fourth-order valence-corrected chi connectivity index (χ4v) is 2.39. The first-order valence-corrected chi connectivity index (χ1v) is 7.44. The molecular weight excluding hydrogens is 338 g/mol. The van der Waals surface area contributed by atoms with Crippen molar-refractivity contribution in [3.63, 3.8) is 0 Å². The Labute approximate surface area is 132 Å². The average Bonchev–Trinajstić information content (AvgIpc) is 2.41. The minimum absolute atomic E-state index is 0.0901. The number of likely N-dealkylation sites (N-methyl/N-ethyl adjacent to an activating group) is 1. The molecule has 0 N–H and O–H groups in total. The van der Waals surface area contributed by atoms with Gasteiger partial charge in [-0.15, -0.1) is 0 Å². The van der Waals surface area contributed by atoms with Gasteiger partial charge in [0.05, 0.1) is 6.42 Å². The van der Waals surface area contributed by atoms with E-state index in [1.807, 2.05) is 55.6 Å². The molecule has 0 aliphatic heterocycles. The second kappa shape index (κ2) is 6.91. The third-order valence-electron chi connectivity index (χ3n) is 3.00. The summed E-state index contributed by atoms with van der Waals surface area (Å²) in [6.07, 6.45) is 0.407. The fraction of sp³-hybridized carbons (Fsp3) is 0.188. The van der Waals surface area contributed by atoms with Crippen LogP contribution in [0.25, 0.3) is 0 Å². The summed E-state index contributed by atoms with van der Waals surface area (Å²) in [5.41, 5.74) is 2.04. The van der Waals surface area contributed by atoms with Crippen LogP contribution >= 0.6 is 27.5 Å². The van der Waals surface area contributed by atoms with E-state index in [-0.39, 0.29) is 5.91 Å². The molecule has 2 nitrogen and oxygen atoms in total. The van der Waals surface area contributed by atoms with Gasteiger partial charge in [-0.25, -0.2) is 0 Å². The van der Waals surface area contributed by atoms with Crippen LogP contribution in [0.1, 0.15) is 11.1 Å². The molecule has 0 saturated heterocycles. The van der Waals surface area contributed by atoms with Gasteiger partial charge in [-0.1, -0.05) is 51.8 Å². The van der Waals surface area contributed by atoms with Crippen molar-refractivity contribution in [1.82, 2.24) is 4.90 Å². The monoisotopic (exact) mass is 351 g/mol. The van der Waals surface area contributed by atoms with E-state index in [9.17, 15) is 4.79 Å². The molecule has 0 bridgehead atoms. The lowest BCUT2D eigenvalue weighted by atomic mass is 10.1. The van der Waals surface area contributed by atoms with Crippen LogP contribution in [0.5, 0.6) is 0 Å². The maximum atomic E-state index is 12.2. The highest BCUT2D eigenvalue weighted by Gasteiger charge is 2.10. The molecular formula is C16H15BrClNO. The number of carbonyl (C=O) groups is 1. The van der Waals surface area contributed by atoms with E-state index < -0.39 is 0 Å². The van der Waals surface area contributed by atoms with Gasteiger partial charge in [0.25, 0.3) is 0 Å². The van der Waals surface area contributed by atoms with Crippen LogP contribution in [0, 0.1) is 0 Å². The summed E-state index contributed by atoms with van der Waals surface area (Å²) >= 11 is 9.33. The van der Waals surface area contributed by atoms with Gasteiger partial charge < -0.3 is 4.90 Å². The summed E-state index contributed by atoms with van der Waals surface area (Å²) in [5.74, 6) is 0.0901. The van der Waals surface area contributed by atoms with Crippen molar-refractivity contribution in [2.24, 2.45) is 0 Å². The van der Waals surface area contributed by atoms with Gasteiger partial charge in [0.1, 0.15) is 0 Å². The van der Waals surface area contributed by atoms with Gasteiger partial charge >= 0.3 is 0 Å². The predicted molar refractivity (Wildman–Crippen MR) is 85.8 cm³/mol. The largest absolute Gasteiger partial charge is 0.341 e. The zero-order chi connectivity index (χ0) is 14.5. The molecule has 2 aromatic carbocycles. The van der Waals surface area contributed by atoms with Crippen molar-refractivity contribution in [3.05, 3.63) is 69.2 Å². The van der Waals surface area contributed by atoms with Crippen LogP contribution in [0.4, 0.5) is 0 Å². The maximum absolute atomic E-state index is 12.2. The lowest BCUT2D eigenvalue weighted by Gasteiger charge is -2.17. The number of hydrogen-bond acceptors (Lipinski definition) is 1. The van der Waals surface area contributed by atoms with E-state index in [1.54, 1.807) is 4.90 Å². The van der Waals surface area contributed by atoms with Crippen molar-refractivity contribution >= 4 is 33.4 Å². The quantitative estimate of drug-likeness (QED) is 0.803. The summed E-state index contributed by atoms with van der Waals surface area (Å²) in [7, 11) is 1.81. The Bertz CT molecular complexity index is 598. The zero-order valence-corrected chi connectivity index (χ0v) is 13.5. The van der Waals surface area contributed by atoms with Crippen LogP contribution in [0.15, 0.2) is 53.0 Å². The lowest BCUT2D eigenvalue weighted by molar-refractivity contribution is -0.129. The smallest absolute Gasteiger partial charge is 0.227 e. The van der Waals surface area contributed by atoms with Gasteiger partial charge in [-0.2, -0.15) is 0 Å². The third kappa shape index (κ3) is 4.36. The molecule has 1 amide bonds. The maximum Gasteiger partial charge on any atom is 0.227 e. The molecule has 0 aromatic heterocycles. The van der Waals surface area contributed by atoms with Crippen LogP contribution in [0.2, 0.25) is 5.02 Å². The Kier molecular flexibility index (Phi) is 5.21. The van der Waals surface area contributed by atoms with E-state index in [2.05, 4.69) is 15.9 Å². The Morgan fingerprint density at radius 2 is 1.85 bits per heavy atom. The number of hydrogen-bond donors (Lipinski definition) is 0. The van der Waals surface area contributed by atoms with Crippen molar-refractivity contribution in [1.29, 1.82) is 0 Å².